The molecule has 0 saturated carbocycles. The summed E-state index contributed by atoms with van der Waals surface area (Å²) in [7, 11) is 0. The van der Waals surface area contributed by atoms with Crippen LogP contribution in [0, 0.1) is 0 Å². The SMILES string of the molecule is CCCC(C)(NC(=O)C1CCC(CNC(=O)OCC2c3ccccc3-c3ccccc32)O1)C(=O)O. The number of hydrogen-bond donors (Lipinski definition) is 3. The fourth-order valence-corrected chi connectivity index (χ4v) is 4.97. The minimum atomic E-state index is -1.33. The van der Waals surface area contributed by atoms with Crippen molar-refractivity contribution in [1.82, 2.24) is 10.6 Å². The summed E-state index contributed by atoms with van der Waals surface area (Å²) < 4.78 is 11.3. The summed E-state index contributed by atoms with van der Waals surface area (Å²) in [5.41, 5.74) is 3.29. The molecular formula is C27H32N2O6. The molecule has 0 bridgehead atoms. The minimum absolute atomic E-state index is 0.0179. The van der Waals surface area contributed by atoms with E-state index in [2.05, 4.69) is 34.9 Å². The van der Waals surface area contributed by atoms with Crippen LogP contribution in [0.2, 0.25) is 0 Å². The molecule has 8 nitrogen and oxygen atoms in total. The second-order valence-electron chi connectivity index (χ2n) is 9.41. The van der Waals surface area contributed by atoms with Gasteiger partial charge in [-0.2, -0.15) is 0 Å². The summed E-state index contributed by atoms with van der Waals surface area (Å²) in [6.07, 6.45) is 0.386. The Labute approximate surface area is 205 Å². The zero-order valence-corrected chi connectivity index (χ0v) is 20.1. The van der Waals surface area contributed by atoms with Gasteiger partial charge in [0.25, 0.3) is 0 Å². The van der Waals surface area contributed by atoms with Crippen LogP contribution in [0.3, 0.4) is 0 Å². The average Bonchev–Trinajstić information content (AvgIpc) is 3.45. The molecule has 4 rings (SSSR count). The lowest BCUT2D eigenvalue weighted by atomic mass is 9.96. The molecule has 35 heavy (non-hydrogen) atoms. The van der Waals surface area contributed by atoms with Crippen LogP contribution in [-0.4, -0.2) is 54.0 Å². The second kappa shape index (κ2) is 10.5. The average molecular weight is 481 g/mol. The van der Waals surface area contributed by atoms with Crippen molar-refractivity contribution in [2.75, 3.05) is 13.2 Å². The molecular weight excluding hydrogens is 448 g/mol. The van der Waals surface area contributed by atoms with Crippen molar-refractivity contribution in [3.8, 4) is 11.1 Å². The first-order chi connectivity index (χ1) is 16.8. The van der Waals surface area contributed by atoms with Crippen LogP contribution in [0.1, 0.15) is 56.6 Å². The van der Waals surface area contributed by atoms with E-state index in [-0.39, 0.29) is 25.2 Å². The Kier molecular flexibility index (Phi) is 7.40. The van der Waals surface area contributed by atoms with Crippen molar-refractivity contribution in [2.45, 2.75) is 63.2 Å². The smallest absolute Gasteiger partial charge is 0.407 e. The van der Waals surface area contributed by atoms with Gasteiger partial charge in [-0.15, -0.1) is 0 Å². The molecule has 1 fully saturated rings. The Morgan fingerprint density at radius 1 is 1.06 bits per heavy atom. The highest BCUT2D eigenvalue weighted by atomic mass is 16.5. The van der Waals surface area contributed by atoms with Crippen molar-refractivity contribution in [3.05, 3.63) is 59.7 Å². The number of carboxylic acid groups (broad SMARTS) is 1. The van der Waals surface area contributed by atoms with Crippen LogP contribution < -0.4 is 10.6 Å². The number of hydrogen-bond acceptors (Lipinski definition) is 5. The third kappa shape index (κ3) is 5.32. The number of amides is 2. The first kappa shape index (κ1) is 24.7. The van der Waals surface area contributed by atoms with Crippen LogP contribution in [0.5, 0.6) is 0 Å². The number of carbonyl (C=O) groups is 3. The largest absolute Gasteiger partial charge is 0.480 e. The first-order valence-corrected chi connectivity index (χ1v) is 12.1. The van der Waals surface area contributed by atoms with Gasteiger partial charge in [0.15, 0.2) is 0 Å². The van der Waals surface area contributed by atoms with Crippen molar-refractivity contribution < 1.29 is 29.0 Å². The third-order valence-corrected chi connectivity index (χ3v) is 6.84. The highest BCUT2D eigenvalue weighted by Crippen LogP contribution is 2.44. The van der Waals surface area contributed by atoms with E-state index in [0.717, 1.165) is 11.1 Å². The van der Waals surface area contributed by atoms with E-state index in [4.69, 9.17) is 9.47 Å². The molecule has 186 valence electrons. The van der Waals surface area contributed by atoms with E-state index in [1.54, 1.807) is 0 Å². The van der Waals surface area contributed by atoms with Crippen LogP contribution in [-0.2, 0) is 19.1 Å². The lowest BCUT2D eigenvalue weighted by molar-refractivity contribution is -0.149. The number of aliphatic carboxylic acids is 1. The van der Waals surface area contributed by atoms with Gasteiger partial charge in [0, 0.05) is 12.5 Å². The molecule has 2 aromatic carbocycles. The number of alkyl carbamates (subject to hydrolysis) is 1. The molecule has 1 aliphatic heterocycles. The maximum absolute atomic E-state index is 12.6. The molecule has 2 aliphatic rings. The molecule has 8 heteroatoms. The Bertz CT molecular complexity index is 1060. The van der Waals surface area contributed by atoms with Gasteiger partial charge >= 0.3 is 12.1 Å². The summed E-state index contributed by atoms with van der Waals surface area (Å²) in [6, 6.07) is 16.3. The van der Waals surface area contributed by atoms with E-state index in [1.807, 2.05) is 31.2 Å². The predicted molar refractivity (Wildman–Crippen MR) is 130 cm³/mol. The summed E-state index contributed by atoms with van der Waals surface area (Å²) in [4.78, 5) is 36.5. The normalized spacial score (nSPS) is 20.4. The molecule has 3 unspecified atom stereocenters. The van der Waals surface area contributed by atoms with Crippen molar-refractivity contribution >= 4 is 18.0 Å². The second-order valence-corrected chi connectivity index (χ2v) is 9.41. The van der Waals surface area contributed by atoms with Gasteiger partial charge in [0.05, 0.1) is 6.10 Å². The lowest BCUT2D eigenvalue weighted by Crippen LogP contribution is -2.54. The number of fused-ring (bicyclic) bond motifs is 3. The van der Waals surface area contributed by atoms with Crippen LogP contribution >= 0.6 is 0 Å². The Hall–Kier alpha value is -3.39. The monoisotopic (exact) mass is 480 g/mol. The summed E-state index contributed by atoms with van der Waals surface area (Å²) in [6.45, 7) is 3.81. The molecule has 0 radical (unpaired) electrons. The first-order valence-electron chi connectivity index (χ1n) is 12.1. The number of benzene rings is 2. The highest BCUT2D eigenvalue weighted by Gasteiger charge is 2.38. The molecule has 0 aromatic heterocycles. The van der Waals surface area contributed by atoms with E-state index in [1.165, 1.54) is 18.1 Å². The van der Waals surface area contributed by atoms with E-state index < -0.39 is 29.6 Å². The van der Waals surface area contributed by atoms with Gasteiger partial charge in [-0.25, -0.2) is 9.59 Å². The molecule has 2 amide bonds. The minimum Gasteiger partial charge on any atom is -0.480 e. The molecule has 1 aliphatic carbocycles. The standard InChI is InChI=1S/C27H32N2O6/c1-3-14-27(2,25(31)32)29-24(30)23-13-12-17(35-23)15-28-26(33)34-16-22-20-10-6-4-8-18(20)19-9-5-7-11-21(19)22/h4-11,17,22-23H,3,12-16H2,1-2H3,(H,28,33)(H,29,30)(H,31,32). The van der Waals surface area contributed by atoms with E-state index in [0.29, 0.717) is 25.7 Å². The van der Waals surface area contributed by atoms with Crippen molar-refractivity contribution in [3.63, 3.8) is 0 Å². The topological polar surface area (TPSA) is 114 Å². The number of ether oxygens (including phenoxy) is 2. The summed E-state index contributed by atoms with van der Waals surface area (Å²) in [5.74, 6) is -1.53. The van der Waals surface area contributed by atoms with Gasteiger partial charge in [-0.1, -0.05) is 61.9 Å². The van der Waals surface area contributed by atoms with Gasteiger partial charge in [0.1, 0.15) is 18.2 Å². The molecule has 0 spiro atoms. The Balaban J connectivity index is 1.25. The number of carbonyl (C=O) groups excluding carboxylic acids is 2. The molecule has 2 aromatic rings. The van der Waals surface area contributed by atoms with Gasteiger partial charge < -0.3 is 25.2 Å². The van der Waals surface area contributed by atoms with Crippen molar-refractivity contribution in [1.29, 1.82) is 0 Å². The summed E-state index contributed by atoms with van der Waals surface area (Å²) >= 11 is 0. The van der Waals surface area contributed by atoms with Crippen LogP contribution in [0.25, 0.3) is 11.1 Å². The molecule has 3 atom stereocenters. The van der Waals surface area contributed by atoms with E-state index in [9.17, 15) is 19.5 Å². The zero-order chi connectivity index (χ0) is 25.0. The summed E-state index contributed by atoms with van der Waals surface area (Å²) in [5, 5.41) is 14.8. The number of carboxylic acids is 1. The van der Waals surface area contributed by atoms with Gasteiger partial charge in [0.2, 0.25) is 5.91 Å². The highest BCUT2D eigenvalue weighted by molar-refractivity contribution is 5.89. The van der Waals surface area contributed by atoms with Crippen LogP contribution in [0.15, 0.2) is 48.5 Å². The van der Waals surface area contributed by atoms with Crippen molar-refractivity contribution in [2.24, 2.45) is 0 Å². The molecule has 1 saturated heterocycles. The fourth-order valence-electron chi connectivity index (χ4n) is 4.97. The van der Waals surface area contributed by atoms with Gasteiger partial charge in [-0.3, -0.25) is 4.79 Å². The van der Waals surface area contributed by atoms with Crippen LogP contribution in [0.4, 0.5) is 4.79 Å². The maximum Gasteiger partial charge on any atom is 0.407 e. The lowest BCUT2D eigenvalue weighted by Gasteiger charge is -2.27. The Morgan fingerprint density at radius 3 is 2.29 bits per heavy atom. The number of rotatable bonds is 9. The molecule has 3 N–H and O–H groups in total. The number of nitrogens with one attached hydrogen (secondary N) is 2. The third-order valence-electron chi connectivity index (χ3n) is 6.84. The zero-order valence-electron chi connectivity index (χ0n) is 20.1. The van der Waals surface area contributed by atoms with Gasteiger partial charge in [-0.05, 0) is 48.4 Å². The fraction of sp³-hybridized carbons (Fsp3) is 0.444. The Morgan fingerprint density at radius 2 is 1.69 bits per heavy atom. The van der Waals surface area contributed by atoms with E-state index >= 15 is 0 Å². The maximum atomic E-state index is 12.6. The molecule has 1 heterocycles. The predicted octanol–water partition coefficient (Wildman–Crippen LogP) is 3.83. The quantitative estimate of drug-likeness (QED) is 0.503.